The molecule has 5 rings (SSSR count). The first-order valence-electron chi connectivity index (χ1n) is 11.7. The highest BCUT2D eigenvalue weighted by Crippen LogP contribution is 2.33. The summed E-state index contributed by atoms with van der Waals surface area (Å²) >= 11 is 1.39. The van der Waals surface area contributed by atoms with Crippen LogP contribution in [0.25, 0.3) is 22.2 Å². The first kappa shape index (κ1) is 29.0. The Morgan fingerprint density at radius 3 is 2.20 bits per heavy atom. The molecule has 0 atom stereocenters. The minimum atomic E-state index is -4.37. The monoisotopic (exact) mass is 584 g/mol. The Morgan fingerprint density at radius 2 is 1.60 bits per heavy atom. The molecule has 0 unspecified atom stereocenters. The van der Waals surface area contributed by atoms with Crippen LogP contribution < -0.4 is 5.32 Å². The maximum absolute atomic E-state index is 12.8. The number of halogens is 3. The molecule has 7 nitrogen and oxygen atoms in total. The van der Waals surface area contributed by atoms with Gasteiger partial charge in [-0.1, -0.05) is 48.2 Å². The average Bonchev–Trinajstić information content (AvgIpc) is 2.94. The Bertz CT molecular complexity index is 1730. The lowest BCUT2D eigenvalue weighted by Gasteiger charge is -2.14. The van der Waals surface area contributed by atoms with E-state index in [4.69, 9.17) is 4.55 Å². The van der Waals surface area contributed by atoms with E-state index in [2.05, 4.69) is 20.3 Å². The van der Waals surface area contributed by atoms with Crippen molar-refractivity contribution in [1.29, 1.82) is 0 Å². The first-order valence-corrected chi connectivity index (χ1v) is 14.4. The maximum Gasteiger partial charge on any atom is 0.416 e. The van der Waals surface area contributed by atoms with Crippen LogP contribution >= 0.6 is 11.8 Å². The molecular weight excluding hydrogens is 561 g/mol. The highest BCUT2D eigenvalue weighted by molar-refractivity contribution is 7.98. The molecule has 12 heteroatoms. The predicted molar refractivity (Wildman–Crippen MR) is 150 cm³/mol. The summed E-state index contributed by atoms with van der Waals surface area (Å²) in [4.78, 5) is 13.5. The third-order valence-corrected chi connectivity index (χ3v) is 7.12. The van der Waals surface area contributed by atoms with Gasteiger partial charge < -0.3 is 5.32 Å². The lowest BCUT2D eigenvalue weighted by atomic mass is 10.0. The van der Waals surface area contributed by atoms with Crippen molar-refractivity contribution in [1.82, 2.24) is 15.0 Å². The standard InChI is InChI=1S/C22H17F3N4S.C6H6O3S/c1-13-19(15-6-5-14-4-3-11-26-18(14)12-15)28-21(30-2)29-20(13)27-17-9-7-16(8-10-17)22(23,24)25;7-10(8,9)6-4-2-1-3-5-6/h3-12H,1-2H3,(H,27,28,29);1-5H,(H,7,8,9). The van der Waals surface area contributed by atoms with Crippen LogP contribution in [0.1, 0.15) is 11.1 Å². The van der Waals surface area contributed by atoms with E-state index in [0.29, 0.717) is 16.7 Å². The SMILES string of the molecule is CSc1nc(Nc2ccc(C(F)(F)F)cc2)c(C)c(-c2ccc3cccnc3c2)n1.O=S(=O)(O)c1ccccc1. The van der Waals surface area contributed by atoms with Gasteiger partial charge in [0.25, 0.3) is 10.1 Å². The molecule has 40 heavy (non-hydrogen) atoms. The molecule has 0 aliphatic heterocycles. The van der Waals surface area contributed by atoms with Crippen LogP contribution in [0, 0.1) is 6.92 Å². The van der Waals surface area contributed by atoms with Crippen molar-refractivity contribution >= 4 is 44.3 Å². The van der Waals surface area contributed by atoms with Gasteiger partial charge in [0.15, 0.2) is 5.16 Å². The summed E-state index contributed by atoms with van der Waals surface area (Å²) in [5.41, 5.74) is 3.12. The molecule has 3 aromatic carbocycles. The molecule has 5 aromatic rings. The average molecular weight is 585 g/mol. The smallest absolute Gasteiger partial charge is 0.340 e. The molecule has 0 aliphatic rings. The lowest BCUT2D eigenvalue weighted by Crippen LogP contribution is -2.05. The van der Waals surface area contributed by atoms with Crippen LogP contribution in [-0.2, 0) is 16.3 Å². The van der Waals surface area contributed by atoms with E-state index in [1.807, 2.05) is 43.5 Å². The van der Waals surface area contributed by atoms with Crippen molar-refractivity contribution in [3.05, 3.63) is 102 Å². The molecule has 206 valence electrons. The summed E-state index contributed by atoms with van der Waals surface area (Å²) in [5, 5.41) is 4.72. The molecule has 0 aliphatic carbocycles. The zero-order chi connectivity index (χ0) is 28.9. The third-order valence-electron chi connectivity index (χ3n) is 5.70. The number of rotatable bonds is 5. The predicted octanol–water partition coefficient (Wildman–Crippen LogP) is 7.42. The Labute approximate surface area is 233 Å². The maximum atomic E-state index is 12.8. The minimum absolute atomic E-state index is 0.0741. The molecular formula is C28H23F3N4O3S2. The fourth-order valence-electron chi connectivity index (χ4n) is 3.68. The van der Waals surface area contributed by atoms with E-state index in [0.717, 1.165) is 39.9 Å². The number of hydrogen-bond donors (Lipinski definition) is 2. The van der Waals surface area contributed by atoms with E-state index in [1.165, 1.54) is 36.0 Å². The van der Waals surface area contributed by atoms with Crippen molar-refractivity contribution in [2.24, 2.45) is 0 Å². The van der Waals surface area contributed by atoms with E-state index in [9.17, 15) is 21.6 Å². The van der Waals surface area contributed by atoms with Crippen LogP contribution in [0.3, 0.4) is 0 Å². The Kier molecular flexibility index (Phi) is 8.72. The summed E-state index contributed by atoms with van der Waals surface area (Å²) in [6, 6.07) is 22.1. The number of nitrogens with one attached hydrogen (secondary N) is 1. The van der Waals surface area contributed by atoms with Crippen molar-refractivity contribution in [2.45, 2.75) is 23.2 Å². The van der Waals surface area contributed by atoms with Crippen LogP contribution in [0.4, 0.5) is 24.7 Å². The molecule has 0 spiro atoms. The summed E-state index contributed by atoms with van der Waals surface area (Å²) in [7, 11) is -4.00. The quantitative estimate of drug-likeness (QED) is 0.125. The molecule has 0 saturated heterocycles. The Balaban J connectivity index is 0.000000312. The summed E-state index contributed by atoms with van der Waals surface area (Å²) < 4.78 is 67.7. The largest absolute Gasteiger partial charge is 0.416 e. The molecule has 0 bridgehead atoms. The number of alkyl halides is 3. The van der Waals surface area contributed by atoms with Crippen LogP contribution in [0.2, 0.25) is 0 Å². The van der Waals surface area contributed by atoms with E-state index in [1.54, 1.807) is 24.4 Å². The second-order valence-corrected chi connectivity index (χ2v) is 10.6. The number of benzene rings is 3. The van der Waals surface area contributed by atoms with Gasteiger partial charge in [-0.3, -0.25) is 9.54 Å². The highest BCUT2D eigenvalue weighted by Gasteiger charge is 2.30. The van der Waals surface area contributed by atoms with Gasteiger partial charge in [-0.05, 0) is 61.7 Å². The Hall–Kier alpha value is -4.00. The summed E-state index contributed by atoms with van der Waals surface area (Å²) in [6.45, 7) is 1.88. The Morgan fingerprint density at radius 1 is 0.900 bits per heavy atom. The van der Waals surface area contributed by atoms with E-state index >= 15 is 0 Å². The van der Waals surface area contributed by atoms with Gasteiger partial charge in [-0.25, -0.2) is 9.97 Å². The fraction of sp³-hybridized carbons (Fsp3) is 0.107. The number of fused-ring (bicyclic) bond motifs is 1. The van der Waals surface area contributed by atoms with Crippen LogP contribution in [-0.4, -0.2) is 34.2 Å². The molecule has 0 saturated carbocycles. The first-order chi connectivity index (χ1) is 19.0. The number of pyridine rings is 1. The fourth-order valence-corrected chi connectivity index (χ4v) is 4.54. The second kappa shape index (κ2) is 12.0. The number of aromatic nitrogens is 3. The van der Waals surface area contributed by atoms with Gasteiger partial charge in [0.05, 0.1) is 21.7 Å². The van der Waals surface area contributed by atoms with Crippen molar-refractivity contribution < 1.29 is 26.1 Å². The molecule has 2 N–H and O–H groups in total. The topological polar surface area (TPSA) is 105 Å². The zero-order valence-electron chi connectivity index (χ0n) is 21.2. The van der Waals surface area contributed by atoms with Gasteiger partial charge in [0, 0.05) is 28.4 Å². The molecule has 0 radical (unpaired) electrons. The van der Waals surface area contributed by atoms with Gasteiger partial charge in [-0.2, -0.15) is 21.6 Å². The molecule has 0 fully saturated rings. The third kappa shape index (κ3) is 7.14. The van der Waals surface area contributed by atoms with E-state index < -0.39 is 21.9 Å². The number of nitrogens with zero attached hydrogens (tertiary/aromatic N) is 3. The van der Waals surface area contributed by atoms with Gasteiger partial charge in [-0.15, -0.1) is 0 Å². The number of anilines is 2. The second-order valence-electron chi connectivity index (χ2n) is 8.43. The van der Waals surface area contributed by atoms with Crippen molar-refractivity contribution in [3.63, 3.8) is 0 Å². The van der Waals surface area contributed by atoms with Crippen molar-refractivity contribution in [3.8, 4) is 11.3 Å². The van der Waals surface area contributed by atoms with E-state index in [-0.39, 0.29) is 4.90 Å². The van der Waals surface area contributed by atoms with Gasteiger partial charge >= 0.3 is 6.18 Å². The molecule has 2 heterocycles. The normalized spacial score (nSPS) is 11.6. The minimum Gasteiger partial charge on any atom is -0.340 e. The molecule has 0 amide bonds. The van der Waals surface area contributed by atoms with Crippen molar-refractivity contribution in [2.75, 3.05) is 11.6 Å². The highest BCUT2D eigenvalue weighted by atomic mass is 32.2. The van der Waals surface area contributed by atoms with Gasteiger partial charge in [0.1, 0.15) is 5.82 Å². The summed E-state index contributed by atoms with van der Waals surface area (Å²) in [5.74, 6) is 0.547. The van der Waals surface area contributed by atoms with Crippen LogP contribution in [0.15, 0.2) is 101 Å². The summed E-state index contributed by atoms with van der Waals surface area (Å²) in [6.07, 6.45) is -0.755. The van der Waals surface area contributed by atoms with Gasteiger partial charge in [0.2, 0.25) is 0 Å². The lowest BCUT2D eigenvalue weighted by molar-refractivity contribution is -0.137. The number of hydrogen-bond acceptors (Lipinski definition) is 7. The zero-order valence-corrected chi connectivity index (χ0v) is 22.8. The molecule has 2 aromatic heterocycles. The van der Waals surface area contributed by atoms with Crippen LogP contribution in [0.5, 0.6) is 0 Å². The number of thioether (sulfide) groups is 1.